The van der Waals surface area contributed by atoms with Gasteiger partial charge in [-0.15, -0.1) is 0 Å². The fraction of sp³-hybridized carbons (Fsp3) is 0.538. The van der Waals surface area contributed by atoms with Crippen molar-refractivity contribution in [2.75, 3.05) is 13.2 Å². The Hall–Kier alpha value is -4.60. The van der Waals surface area contributed by atoms with Crippen molar-refractivity contribution < 1.29 is 47.6 Å². The first-order valence-electron chi connectivity index (χ1n) is 23.1. The van der Waals surface area contributed by atoms with Gasteiger partial charge >= 0.3 is 23.9 Å². The topological polar surface area (TPSA) is 148 Å². The predicted molar refractivity (Wildman–Crippen MR) is 256 cm³/mol. The molecule has 0 radical (unpaired) electrons. The molecule has 66 heavy (non-hydrogen) atoms. The first-order valence-corrected chi connectivity index (χ1v) is 24.7. The second-order valence-corrected chi connectivity index (χ2v) is 20.1. The molecule has 0 spiro atoms. The molecule has 0 saturated heterocycles. The highest BCUT2D eigenvalue weighted by atomic mass is 79.9. The number of benzene rings is 2. The minimum Gasteiger partial charge on any atom is -0.451 e. The average molecular weight is 1030 g/mol. The van der Waals surface area contributed by atoms with E-state index in [4.69, 9.17) is 28.4 Å². The van der Waals surface area contributed by atoms with E-state index in [-0.39, 0.29) is 47.2 Å². The van der Waals surface area contributed by atoms with E-state index in [0.717, 1.165) is 49.7 Å². The second-order valence-electron chi connectivity index (χ2n) is 18.5. The van der Waals surface area contributed by atoms with Crippen LogP contribution in [-0.4, -0.2) is 74.0 Å². The molecule has 0 bridgehead atoms. The smallest absolute Gasteiger partial charge is 0.349 e. The summed E-state index contributed by atoms with van der Waals surface area (Å²) in [7, 11) is 0. The number of nitrogens with one attached hydrogen (secondary N) is 2. The van der Waals surface area contributed by atoms with E-state index < -0.39 is 48.5 Å². The summed E-state index contributed by atoms with van der Waals surface area (Å²) in [5, 5.41) is 6.44. The van der Waals surface area contributed by atoms with Crippen molar-refractivity contribution >= 4 is 55.7 Å². The Bertz CT molecular complexity index is 2050. The summed E-state index contributed by atoms with van der Waals surface area (Å²) in [5.74, 6) is 10.8. The van der Waals surface area contributed by atoms with E-state index in [1.807, 2.05) is 60.7 Å². The second kappa shape index (κ2) is 24.4. The highest BCUT2D eigenvalue weighted by Crippen LogP contribution is 2.40. The lowest BCUT2D eigenvalue weighted by Crippen LogP contribution is -2.44. The van der Waals surface area contributed by atoms with Crippen LogP contribution in [0.2, 0.25) is 0 Å². The molecule has 0 amide bonds. The Morgan fingerprint density at radius 1 is 0.636 bits per heavy atom. The van der Waals surface area contributed by atoms with Gasteiger partial charge in [0.2, 0.25) is 12.6 Å². The molecular formula is C52H62Br2N2O10. The van der Waals surface area contributed by atoms with E-state index in [9.17, 15) is 19.2 Å². The van der Waals surface area contributed by atoms with Crippen molar-refractivity contribution in [1.29, 1.82) is 0 Å². The Morgan fingerprint density at radius 3 is 1.38 bits per heavy atom. The Morgan fingerprint density at radius 2 is 1.02 bits per heavy atom. The number of ether oxygens (including phenoxy) is 6. The Labute approximate surface area is 406 Å². The number of halogens is 2. The minimum atomic E-state index is -1.01. The van der Waals surface area contributed by atoms with Crippen molar-refractivity contribution in [2.45, 2.75) is 130 Å². The molecule has 14 heteroatoms. The lowest BCUT2D eigenvalue weighted by molar-refractivity contribution is -0.183. The molecule has 2 aromatic rings. The van der Waals surface area contributed by atoms with Crippen LogP contribution in [0.25, 0.3) is 0 Å². The maximum atomic E-state index is 13.6. The van der Waals surface area contributed by atoms with Crippen LogP contribution in [-0.2, 0) is 60.4 Å². The summed E-state index contributed by atoms with van der Waals surface area (Å²) in [6.07, 6.45) is 4.22. The summed E-state index contributed by atoms with van der Waals surface area (Å²) >= 11 is 6.76. The summed E-state index contributed by atoms with van der Waals surface area (Å²) in [4.78, 5) is 53.0. The Balaban J connectivity index is 1.07. The zero-order chi connectivity index (χ0) is 47.3. The molecule has 0 aromatic heterocycles. The third kappa shape index (κ3) is 14.0. The van der Waals surface area contributed by atoms with E-state index in [1.54, 1.807) is 0 Å². The zero-order valence-corrected chi connectivity index (χ0v) is 41.8. The van der Waals surface area contributed by atoms with Crippen LogP contribution < -0.4 is 10.6 Å². The van der Waals surface area contributed by atoms with Gasteiger partial charge in [-0.1, -0.05) is 115 Å². The van der Waals surface area contributed by atoms with Crippen LogP contribution in [0.3, 0.4) is 0 Å². The molecule has 2 saturated carbocycles. The minimum absolute atomic E-state index is 0.117. The maximum Gasteiger partial charge on any atom is 0.349 e. The monoisotopic (exact) mass is 1030 g/mol. The third-order valence-corrected chi connectivity index (χ3v) is 14.4. The van der Waals surface area contributed by atoms with Gasteiger partial charge in [0.05, 0.1) is 12.2 Å². The lowest BCUT2D eigenvalue weighted by Gasteiger charge is -2.38. The van der Waals surface area contributed by atoms with Crippen molar-refractivity contribution in [2.24, 2.45) is 35.5 Å². The SMILES string of the molecule is CC(C)[C@@H]1CC[C@@H](C)C[C@H]1O[C@H]1OC(=O)C(Br)=C1NC(Cc1ccccc1)C(=O)OCC#CC#CCOC(=O)C(Cc1ccccc1)NC1=C(Br)C(=O)O[C@@H]1O[C@@H]1C[C@H](C)CC[C@H]1C(C)C. The fourth-order valence-electron chi connectivity index (χ4n) is 9.19. The highest BCUT2D eigenvalue weighted by Gasteiger charge is 2.43. The molecule has 2 aliphatic carbocycles. The molecule has 354 valence electrons. The largest absolute Gasteiger partial charge is 0.451 e. The van der Waals surface area contributed by atoms with E-state index in [0.29, 0.717) is 46.9 Å². The van der Waals surface area contributed by atoms with E-state index in [1.165, 1.54) is 0 Å². The lowest BCUT2D eigenvalue weighted by atomic mass is 9.75. The van der Waals surface area contributed by atoms with Crippen LogP contribution in [0.4, 0.5) is 0 Å². The number of esters is 4. The first-order chi connectivity index (χ1) is 31.7. The zero-order valence-electron chi connectivity index (χ0n) is 38.6. The standard InChI is InChI=1S/C52H62Br2N2O10/c1-31(2)37-23-21-33(5)27-41(37)63-51-45(43(53)49(59)65-51)55-39(29-35-17-11-9-12-18-35)47(57)61-25-15-7-8-16-26-62-48(58)40(30-36-19-13-10-14-20-36)56-46-44(54)50(60)66-52(46)64-42-28-34(6)22-24-38(42)32(3)4/h9-14,17-20,31-34,37-42,51-52,55-56H,21-30H2,1-6H3/t33-,34-,37+,38+,39?,40?,41-,42-,51+,52+/m1/s1. The predicted octanol–water partition coefficient (Wildman–Crippen LogP) is 8.42. The van der Waals surface area contributed by atoms with Crippen LogP contribution in [0.5, 0.6) is 0 Å². The average Bonchev–Trinajstić information content (AvgIpc) is 3.70. The molecule has 2 fully saturated rings. The van der Waals surface area contributed by atoms with Crippen molar-refractivity contribution in [1.82, 2.24) is 10.6 Å². The van der Waals surface area contributed by atoms with Crippen LogP contribution in [0, 0.1) is 59.2 Å². The van der Waals surface area contributed by atoms with Crippen LogP contribution in [0.15, 0.2) is 81.0 Å². The molecule has 2 heterocycles. The van der Waals surface area contributed by atoms with Crippen molar-refractivity contribution in [3.8, 4) is 23.7 Å². The summed E-state index contributed by atoms with van der Waals surface area (Å²) in [5.41, 5.74) is 2.42. The molecule has 10 atom stereocenters. The summed E-state index contributed by atoms with van der Waals surface area (Å²) in [6, 6.07) is 17.1. The van der Waals surface area contributed by atoms with Crippen molar-refractivity contribution in [3.05, 3.63) is 92.1 Å². The fourth-order valence-corrected chi connectivity index (χ4v) is 9.98. The number of hydrogen-bond acceptors (Lipinski definition) is 12. The quantitative estimate of drug-likeness (QED) is 0.0840. The normalized spacial score (nSPS) is 26.1. The number of hydrogen-bond donors (Lipinski definition) is 2. The molecule has 2 aromatic carbocycles. The third-order valence-electron chi connectivity index (χ3n) is 12.9. The number of cyclic esters (lactones) is 2. The van der Waals surface area contributed by atoms with Crippen LogP contribution in [0.1, 0.15) is 91.2 Å². The molecule has 4 aliphatic rings. The molecule has 12 nitrogen and oxygen atoms in total. The number of carbonyl (C=O) groups is 4. The number of carbonyl (C=O) groups excluding carboxylic acids is 4. The highest BCUT2D eigenvalue weighted by molar-refractivity contribution is 9.12. The van der Waals surface area contributed by atoms with Gasteiger partial charge in [-0.2, -0.15) is 0 Å². The van der Waals surface area contributed by atoms with E-state index >= 15 is 0 Å². The Kier molecular flexibility index (Phi) is 18.8. The van der Waals surface area contributed by atoms with Crippen LogP contribution >= 0.6 is 31.9 Å². The molecular weight excluding hydrogens is 972 g/mol. The van der Waals surface area contributed by atoms with Gasteiger partial charge in [0, 0.05) is 12.8 Å². The molecule has 2 unspecified atom stereocenters. The molecule has 2 N–H and O–H groups in total. The van der Waals surface area contributed by atoms with Gasteiger partial charge in [-0.25, -0.2) is 19.2 Å². The van der Waals surface area contributed by atoms with Gasteiger partial charge in [0.1, 0.15) is 32.4 Å². The first kappa shape index (κ1) is 50.8. The maximum absolute atomic E-state index is 13.6. The van der Waals surface area contributed by atoms with Gasteiger partial charge in [-0.05, 0) is 128 Å². The van der Waals surface area contributed by atoms with Gasteiger partial charge in [0.15, 0.2) is 13.2 Å². The summed E-state index contributed by atoms with van der Waals surface area (Å²) in [6.45, 7) is 12.6. The van der Waals surface area contributed by atoms with Crippen molar-refractivity contribution in [3.63, 3.8) is 0 Å². The van der Waals surface area contributed by atoms with E-state index in [2.05, 4.69) is 108 Å². The van der Waals surface area contributed by atoms with Gasteiger partial charge in [-0.3, -0.25) is 0 Å². The molecule has 2 aliphatic heterocycles. The number of rotatable bonds is 18. The molecule has 6 rings (SSSR count). The summed E-state index contributed by atoms with van der Waals surface area (Å²) < 4.78 is 35.9. The van der Waals surface area contributed by atoms with Gasteiger partial charge in [0.25, 0.3) is 0 Å². The van der Waals surface area contributed by atoms with Gasteiger partial charge < -0.3 is 39.1 Å².